The number of hydrogen-bond acceptors (Lipinski definition) is 3. The molecule has 4 aromatic carbocycles. The Balaban J connectivity index is 0.000000211. The minimum absolute atomic E-state index is 0.131. The van der Waals surface area contributed by atoms with E-state index in [0.29, 0.717) is 44.2 Å². The largest absolute Gasteiger partial charge is 0.392 e. The maximum atomic E-state index is 11.9. The molecule has 4 amide bonds. The third-order valence-electron chi connectivity index (χ3n) is 5.01. The molecule has 5 N–H and O–H groups in total. The van der Waals surface area contributed by atoms with E-state index >= 15 is 0 Å². The summed E-state index contributed by atoms with van der Waals surface area (Å²) in [6.07, 6.45) is 0. The zero-order chi connectivity index (χ0) is 27.3. The molecule has 0 atom stereocenters. The van der Waals surface area contributed by atoms with Gasteiger partial charge in [-0.3, -0.25) is 0 Å². The summed E-state index contributed by atoms with van der Waals surface area (Å²) in [5.41, 5.74) is 4.02. The molecule has 0 heterocycles. The number of rotatable bonds is 6. The van der Waals surface area contributed by atoms with Gasteiger partial charge in [-0.2, -0.15) is 0 Å². The number of anilines is 4. The number of aliphatic hydroxyl groups is 1. The number of amides is 4. The van der Waals surface area contributed by atoms with Crippen LogP contribution in [0.3, 0.4) is 0 Å². The van der Waals surface area contributed by atoms with Crippen LogP contribution in [0.25, 0.3) is 0 Å². The highest BCUT2D eigenvalue weighted by Gasteiger charge is 2.07. The van der Waals surface area contributed by atoms with Crippen LogP contribution < -0.4 is 21.3 Å². The molecule has 0 bridgehead atoms. The Morgan fingerprint density at radius 1 is 0.605 bits per heavy atom. The summed E-state index contributed by atoms with van der Waals surface area (Å²) in [5, 5.41) is 21.1. The van der Waals surface area contributed by atoms with Crippen molar-refractivity contribution in [3.63, 3.8) is 0 Å². The minimum Gasteiger partial charge on any atom is -0.392 e. The quantitative estimate of drug-likeness (QED) is 0.151. The molecule has 196 valence electrons. The molecule has 0 aliphatic rings. The van der Waals surface area contributed by atoms with Crippen molar-refractivity contribution in [3.8, 4) is 0 Å². The molecule has 0 radical (unpaired) electrons. The lowest BCUT2D eigenvalue weighted by molar-refractivity contribution is 0.261. The first-order valence-corrected chi connectivity index (χ1v) is 12.7. The third-order valence-corrected chi connectivity index (χ3v) is 5.77. The van der Waals surface area contributed by atoms with E-state index in [2.05, 4.69) is 21.3 Å². The summed E-state index contributed by atoms with van der Waals surface area (Å²) in [7, 11) is 0. The second kappa shape index (κ2) is 14.9. The van der Waals surface area contributed by atoms with E-state index in [1.165, 1.54) is 0 Å². The molecule has 0 aliphatic carbocycles. The number of benzene rings is 4. The van der Waals surface area contributed by atoms with Gasteiger partial charge < -0.3 is 26.4 Å². The van der Waals surface area contributed by atoms with Crippen molar-refractivity contribution >= 4 is 69.6 Å². The van der Waals surface area contributed by atoms with Gasteiger partial charge in [-0.25, -0.2) is 9.59 Å². The molecule has 38 heavy (non-hydrogen) atoms. The average molecular weight is 572 g/mol. The number of alkyl halides is 1. The molecule has 0 spiro atoms. The van der Waals surface area contributed by atoms with Crippen molar-refractivity contribution in [2.75, 3.05) is 21.3 Å². The standard InChI is InChI=1S/C14H12Cl2N2O.C14H13ClN2O2/c15-9-10-4-1-2-7-13(10)18-14(19)17-12-6-3-5-11(16)8-12;15-11-5-3-6-12(8-11)16-14(19)17-13-7-2-1-4-10(13)9-18/h1-8H,9H2,(H2,17,18,19);1-8,18H,9H2,(H2,16,17,19). The highest BCUT2D eigenvalue weighted by atomic mass is 35.5. The highest BCUT2D eigenvalue weighted by molar-refractivity contribution is 6.31. The van der Waals surface area contributed by atoms with Crippen LogP contribution in [-0.2, 0) is 12.5 Å². The van der Waals surface area contributed by atoms with Crippen LogP contribution in [0, 0.1) is 0 Å². The normalized spacial score (nSPS) is 10.0. The first-order chi connectivity index (χ1) is 18.4. The van der Waals surface area contributed by atoms with Crippen molar-refractivity contribution < 1.29 is 14.7 Å². The molecule has 0 aliphatic heterocycles. The second-order valence-corrected chi connectivity index (χ2v) is 8.93. The van der Waals surface area contributed by atoms with Crippen molar-refractivity contribution in [3.05, 3.63) is 118 Å². The zero-order valence-electron chi connectivity index (χ0n) is 20.0. The Bertz CT molecular complexity index is 1280. The van der Waals surface area contributed by atoms with E-state index in [1.807, 2.05) is 18.2 Å². The van der Waals surface area contributed by atoms with Crippen molar-refractivity contribution in [2.45, 2.75) is 12.5 Å². The minimum atomic E-state index is -0.386. The first kappa shape index (κ1) is 28.8. The summed E-state index contributed by atoms with van der Waals surface area (Å²) >= 11 is 17.5. The highest BCUT2D eigenvalue weighted by Crippen LogP contribution is 2.19. The van der Waals surface area contributed by atoms with Gasteiger partial charge in [-0.15, -0.1) is 11.6 Å². The fraction of sp³-hybridized carbons (Fsp3) is 0.0714. The molecule has 10 heteroatoms. The Morgan fingerprint density at radius 3 is 1.50 bits per heavy atom. The lowest BCUT2D eigenvalue weighted by Crippen LogP contribution is -2.20. The molecular formula is C28H25Cl3N4O3. The van der Waals surface area contributed by atoms with Crippen LogP contribution in [0.1, 0.15) is 11.1 Å². The van der Waals surface area contributed by atoms with Gasteiger partial charge >= 0.3 is 12.1 Å². The van der Waals surface area contributed by atoms with Gasteiger partial charge in [0.25, 0.3) is 0 Å². The number of carbonyl (C=O) groups excluding carboxylic acids is 2. The van der Waals surface area contributed by atoms with Crippen LogP contribution in [0.15, 0.2) is 97.1 Å². The molecule has 7 nitrogen and oxygen atoms in total. The van der Waals surface area contributed by atoms with Gasteiger partial charge in [0.2, 0.25) is 0 Å². The van der Waals surface area contributed by atoms with Crippen LogP contribution in [0.4, 0.5) is 32.3 Å². The monoisotopic (exact) mass is 570 g/mol. The predicted molar refractivity (Wildman–Crippen MR) is 157 cm³/mol. The molecule has 0 fully saturated rings. The first-order valence-electron chi connectivity index (χ1n) is 11.4. The van der Waals surface area contributed by atoms with Gasteiger partial charge in [0.15, 0.2) is 0 Å². The van der Waals surface area contributed by atoms with E-state index in [9.17, 15) is 9.59 Å². The smallest absolute Gasteiger partial charge is 0.323 e. The fourth-order valence-electron chi connectivity index (χ4n) is 3.24. The summed E-state index contributed by atoms with van der Waals surface area (Å²) in [6, 6.07) is 27.5. The topological polar surface area (TPSA) is 102 Å². The second-order valence-electron chi connectivity index (χ2n) is 7.78. The number of nitrogens with one attached hydrogen (secondary N) is 4. The van der Waals surface area contributed by atoms with E-state index in [-0.39, 0.29) is 18.7 Å². The van der Waals surface area contributed by atoms with Crippen LogP contribution in [0.2, 0.25) is 10.0 Å². The van der Waals surface area contributed by atoms with Gasteiger partial charge in [-0.1, -0.05) is 71.7 Å². The number of hydrogen-bond donors (Lipinski definition) is 5. The van der Waals surface area contributed by atoms with E-state index in [4.69, 9.17) is 39.9 Å². The Kier molecular flexibility index (Phi) is 11.3. The van der Waals surface area contributed by atoms with Gasteiger partial charge in [0.05, 0.1) is 6.61 Å². The maximum Gasteiger partial charge on any atom is 0.323 e. The summed E-state index contributed by atoms with van der Waals surface area (Å²) in [6.45, 7) is -0.131. The molecule has 0 aromatic heterocycles. The van der Waals surface area contributed by atoms with Crippen LogP contribution in [0.5, 0.6) is 0 Å². The van der Waals surface area contributed by atoms with Crippen molar-refractivity contribution in [1.82, 2.24) is 0 Å². The molecule has 4 rings (SSSR count). The molecule has 0 unspecified atom stereocenters. The summed E-state index contributed by atoms with van der Waals surface area (Å²) in [5.74, 6) is 0.341. The molecular weight excluding hydrogens is 547 g/mol. The van der Waals surface area contributed by atoms with Crippen LogP contribution in [-0.4, -0.2) is 17.2 Å². The number of urea groups is 2. The number of halogens is 3. The zero-order valence-corrected chi connectivity index (χ0v) is 22.3. The summed E-state index contributed by atoms with van der Waals surface area (Å²) < 4.78 is 0. The Hall–Kier alpha value is -3.75. The molecule has 0 saturated heterocycles. The average Bonchev–Trinajstić information content (AvgIpc) is 2.89. The number of aliphatic hydroxyl groups excluding tert-OH is 1. The number of para-hydroxylation sites is 2. The predicted octanol–water partition coefficient (Wildman–Crippen LogP) is 8.20. The van der Waals surface area contributed by atoms with E-state index in [1.54, 1.807) is 78.9 Å². The summed E-state index contributed by atoms with van der Waals surface area (Å²) in [4.78, 5) is 23.7. The lowest BCUT2D eigenvalue weighted by atomic mass is 10.2. The lowest BCUT2D eigenvalue weighted by Gasteiger charge is -2.10. The Morgan fingerprint density at radius 2 is 1.05 bits per heavy atom. The fourth-order valence-corrected chi connectivity index (χ4v) is 3.85. The molecule has 4 aromatic rings. The number of carbonyl (C=O) groups is 2. The van der Waals surface area contributed by atoms with Crippen molar-refractivity contribution in [1.29, 1.82) is 0 Å². The maximum absolute atomic E-state index is 11.9. The van der Waals surface area contributed by atoms with Crippen molar-refractivity contribution in [2.24, 2.45) is 0 Å². The van der Waals surface area contributed by atoms with Gasteiger partial charge in [0.1, 0.15) is 0 Å². The van der Waals surface area contributed by atoms with Gasteiger partial charge in [-0.05, 0) is 54.1 Å². The Labute approximate surface area is 235 Å². The van der Waals surface area contributed by atoms with E-state index in [0.717, 1.165) is 5.56 Å². The van der Waals surface area contributed by atoms with Crippen LogP contribution >= 0.6 is 34.8 Å². The molecule has 0 saturated carbocycles. The SMILES string of the molecule is O=C(Nc1cccc(Cl)c1)Nc1ccccc1CCl.O=C(Nc1cccc(Cl)c1)Nc1ccccc1CO. The third kappa shape index (κ3) is 9.28. The van der Waals surface area contributed by atoms with Gasteiger partial charge in [0, 0.05) is 44.2 Å². The van der Waals surface area contributed by atoms with E-state index < -0.39 is 0 Å².